The molecular weight excluding hydrogens is 338 g/mol. The number of rotatable bonds is 5. The van der Waals surface area contributed by atoms with E-state index in [1.807, 2.05) is 19.1 Å². The maximum Gasteiger partial charge on any atom is 0.254 e. The molecule has 0 spiro atoms. The summed E-state index contributed by atoms with van der Waals surface area (Å²) in [4.78, 5) is 16.3. The van der Waals surface area contributed by atoms with Crippen molar-refractivity contribution in [3.8, 4) is 16.9 Å². The van der Waals surface area contributed by atoms with E-state index in [1.165, 1.54) is 10.1 Å². The third-order valence-electron chi connectivity index (χ3n) is 5.18. The number of nitrogens with zero attached hydrogens (tertiary/aromatic N) is 2. The SMILES string of the molecule is CCOc1cccc(-c2ccc([C@@H]3C[C@@H]3c3cc(=O)n(C)c(N)n3)cc2)c1. The van der Waals surface area contributed by atoms with Crippen LogP contribution in [0.4, 0.5) is 5.95 Å². The Labute approximate surface area is 158 Å². The second kappa shape index (κ2) is 6.91. The van der Waals surface area contributed by atoms with E-state index in [0.29, 0.717) is 12.5 Å². The Balaban J connectivity index is 1.52. The number of nitrogens with two attached hydrogens (primary N) is 1. The first-order valence-electron chi connectivity index (χ1n) is 9.23. The zero-order valence-electron chi connectivity index (χ0n) is 15.6. The van der Waals surface area contributed by atoms with Crippen molar-refractivity contribution in [2.45, 2.75) is 25.2 Å². The van der Waals surface area contributed by atoms with Gasteiger partial charge >= 0.3 is 0 Å². The summed E-state index contributed by atoms with van der Waals surface area (Å²) in [6.45, 7) is 2.64. The minimum absolute atomic E-state index is 0.104. The van der Waals surface area contributed by atoms with Gasteiger partial charge in [-0.05, 0) is 48.1 Å². The summed E-state index contributed by atoms with van der Waals surface area (Å²) in [7, 11) is 1.64. The first kappa shape index (κ1) is 17.3. The van der Waals surface area contributed by atoms with Gasteiger partial charge in [0.2, 0.25) is 5.95 Å². The van der Waals surface area contributed by atoms with Crippen molar-refractivity contribution < 1.29 is 4.74 Å². The second-order valence-corrected chi connectivity index (χ2v) is 6.97. The lowest BCUT2D eigenvalue weighted by Crippen LogP contribution is -2.21. The fourth-order valence-electron chi connectivity index (χ4n) is 3.51. The van der Waals surface area contributed by atoms with Crippen LogP contribution in [0.5, 0.6) is 5.75 Å². The summed E-state index contributed by atoms with van der Waals surface area (Å²) in [6.07, 6.45) is 0.999. The summed E-state index contributed by atoms with van der Waals surface area (Å²) in [5, 5.41) is 0. The van der Waals surface area contributed by atoms with Crippen LogP contribution >= 0.6 is 0 Å². The molecule has 0 radical (unpaired) electrons. The molecule has 1 aromatic heterocycles. The van der Waals surface area contributed by atoms with E-state index in [2.05, 4.69) is 41.4 Å². The van der Waals surface area contributed by atoms with E-state index in [1.54, 1.807) is 13.1 Å². The van der Waals surface area contributed by atoms with Crippen molar-refractivity contribution in [1.29, 1.82) is 0 Å². The van der Waals surface area contributed by atoms with Gasteiger partial charge in [0.25, 0.3) is 5.56 Å². The molecule has 2 atom stereocenters. The van der Waals surface area contributed by atoms with Gasteiger partial charge in [-0.25, -0.2) is 4.98 Å². The summed E-state index contributed by atoms with van der Waals surface area (Å²) in [5.41, 5.74) is 10.1. The van der Waals surface area contributed by atoms with Crippen molar-refractivity contribution in [2.24, 2.45) is 7.05 Å². The van der Waals surface area contributed by atoms with Gasteiger partial charge in [0.05, 0.1) is 12.3 Å². The fourth-order valence-corrected chi connectivity index (χ4v) is 3.51. The zero-order valence-corrected chi connectivity index (χ0v) is 15.6. The Morgan fingerprint density at radius 3 is 2.59 bits per heavy atom. The molecule has 1 saturated carbocycles. The number of hydrogen-bond acceptors (Lipinski definition) is 4. The molecule has 138 valence electrons. The predicted octanol–water partition coefficient (Wildman–Crippen LogP) is 3.70. The summed E-state index contributed by atoms with van der Waals surface area (Å²) >= 11 is 0. The van der Waals surface area contributed by atoms with Gasteiger partial charge in [0, 0.05) is 19.0 Å². The Morgan fingerprint density at radius 1 is 1.11 bits per heavy atom. The smallest absolute Gasteiger partial charge is 0.254 e. The Kier molecular flexibility index (Phi) is 4.44. The largest absolute Gasteiger partial charge is 0.494 e. The van der Waals surface area contributed by atoms with Crippen LogP contribution in [0.15, 0.2) is 59.4 Å². The molecule has 0 bridgehead atoms. The quantitative estimate of drug-likeness (QED) is 0.752. The predicted molar refractivity (Wildman–Crippen MR) is 107 cm³/mol. The molecule has 1 fully saturated rings. The molecule has 0 aliphatic heterocycles. The third-order valence-corrected chi connectivity index (χ3v) is 5.18. The fraction of sp³-hybridized carbons (Fsp3) is 0.273. The van der Waals surface area contributed by atoms with Gasteiger partial charge in [0.15, 0.2) is 0 Å². The van der Waals surface area contributed by atoms with Crippen LogP contribution in [0, 0.1) is 0 Å². The molecule has 1 heterocycles. The number of benzene rings is 2. The first-order valence-corrected chi connectivity index (χ1v) is 9.23. The number of aromatic nitrogens is 2. The van der Waals surface area contributed by atoms with Crippen molar-refractivity contribution in [3.63, 3.8) is 0 Å². The van der Waals surface area contributed by atoms with E-state index in [0.717, 1.165) is 29.0 Å². The van der Waals surface area contributed by atoms with E-state index in [-0.39, 0.29) is 17.4 Å². The van der Waals surface area contributed by atoms with Gasteiger partial charge < -0.3 is 10.5 Å². The molecule has 1 aliphatic carbocycles. The van der Waals surface area contributed by atoms with E-state index >= 15 is 0 Å². The van der Waals surface area contributed by atoms with Gasteiger partial charge in [-0.1, -0.05) is 36.4 Å². The minimum Gasteiger partial charge on any atom is -0.494 e. The highest BCUT2D eigenvalue weighted by Crippen LogP contribution is 2.54. The van der Waals surface area contributed by atoms with Crippen molar-refractivity contribution >= 4 is 5.95 Å². The minimum atomic E-state index is -0.104. The molecule has 0 unspecified atom stereocenters. The second-order valence-electron chi connectivity index (χ2n) is 6.97. The lowest BCUT2D eigenvalue weighted by molar-refractivity contribution is 0.340. The van der Waals surface area contributed by atoms with E-state index in [4.69, 9.17) is 10.5 Å². The normalized spacial score (nSPS) is 18.3. The van der Waals surface area contributed by atoms with Crippen LogP contribution in [0.3, 0.4) is 0 Å². The Morgan fingerprint density at radius 2 is 1.89 bits per heavy atom. The zero-order chi connectivity index (χ0) is 19.0. The molecule has 0 amide bonds. The molecule has 4 rings (SSSR count). The lowest BCUT2D eigenvalue weighted by Gasteiger charge is -2.08. The molecule has 0 saturated heterocycles. The van der Waals surface area contributed by atoms with Crippen molar-refractivity contribution in [2.75, 3.05) is 12.3 Å². The summed E-state index contributed by atoms with van der Waals surface area (Å²) in [6, 6.07) is 18.3. The maximum absolute atomic E-state index is 11.9. The van der Waals surface area contributed by atoms with Gasteiger partial charge in [-0.2, -0.15) is 0 Å². The van der Waals surface area contributed by atoms with Crippen LogP contribution in [-0.4, -0.2) is 16.2 Å². The standard InChI is InChI=1S/C22H23N3O2/c1-3-27-17-6-4-5-16(11-17)14-7-9-15(10-8-14)18-12-19(18)20-13-21(26)25(2)22(23)24-20/h4-11,13,18-19H,3,12H2,1-2H3,(H2,23,24)/t18-,19-/m0/s1. The highest BCUT2D eigenvalue weighted by molar-refractivity contribution is 5.65. The molecule has 5 heteroatoms. The molecule has 2 aromatic carbocycles. The Bertz CT molecular complexity index is 1020. The van der Waals surface area contributed by atoms with Crippen LogP contribution in [0.2, 0.25) is 0 Å². The van der Waals surface area contributed by atoms with Gasteiger partial charge in [0.1, 0.15) is 5.75 Å². The number of anilines is 1. The van der Waals surface area contributed by atoms with Crippen LogP contribution in [0.1, 0.15) is 36.4 Å². The van der Waals surface area contributed by atoms with Crippen LogP contribution in [0.25, 0.3) is 11.1 Å². The molecular formula is C22H23N3O2. The average molecular weight is 361 g/mol. The monoisotopic (exact) mass is 361 g/mol. The molecule has 27 heavy (non-hydrogen) atoms. The molecule has 3 aromatic rings. The topological polar surface area (TPSA) is 70.1 Å². The number of nitrogen functional groups attached to an aromatic ring is 1. The van der Waals surface area contributed by atoms with E-state index < -0.39 is 0 Å². The summed E-state index contributed by atoms with van der Waals surface area (Å²) in [5.74, 6) is 1.82. The van der Waals surface area contributed by atoms with Crippen LogP contribution in [-0.2, 0) is 7.05 Å². The molecule has 5 nitrogen and oxygen atoms in total. The maximum atomic E-state index is 11.9. The van der Waals surface area contributed by atoms with Crippen LogP contribution < -0.4 is 16.0 Å². The van der Waals surface area contributed by atoms with Gasteiger partial charge in [-0.15, -0.1) is 0 Å². The van der Waals surface area contributed by atoms with E-state index in [9.17, 15) is 4.79 Å². The average Bonchev–Trinajstić information content (AvgIpc) is 3.47. The van der Waals surface area contributed by atoms with Crippen molar-refractivity contribution in [3.05, 3.63) is 76.2 Å². The van der Waals surface area contributed by atoms with Crippen molar-refractivity contribution in [1.82, 2.24) is 9.55 Å². The number of hydrogen-bond donors (Lipinski definition) is 1. The lowest BCUT2D eigenvalue weighted by atomic mass is 10.0. The molecule has 2 N–H and O–H groups in total. The highest BCUT2D eigenvalue weighted by atomic mass is 16.5. The Hall–Kier alpha value is -3.08. The van der Waals surface area contributed by atoms with Gasteiger partial charge in [-0.3, -0.25) is 9.36 Å². The number of ether oxygens (including phenoxy) is 1. The first-order chi connectivity index (χ1) is 13.1. The third kappa shape index (κ3) is 3.45. The summed E-state index contributed by atoms with van der Waals surface area (Å²) < 4.78 is 6.95. The highest BCUT2D eigenvalue weighted by Gasteiger charge is 2.41. The molecule has 1 aliphatic rings.